The van der Waals surface area contributed by atoms with Crippen LogP contribution in [0.3, 0.4) is 0 Å². The van der Waals surface area contributed by atoms with Crippen LogP contribution in [0, 0.1) is 20.8 Å². The van der Waals surface area contributed by atoms with Gasteiger partial charge in [0, 0.05) is 17.8 Å². The lowest BCUT2D eigenvalue weighted by Crippen LogP contribution is -2.12. The van der Waals surface area contributed by atoms with Crippen LogP contribution in [0.2, 0.25) is 0 Å². The summed E-state index contributed by atoms with van der Waals surface area (Å²) in [6.45, 7) is 11.4. The largest absolute Gasteiger partial charge is 0.370 e. The van der Waals surface area contributed by atoms with Gasteiger partial charge in [0.05, 0.1) is 5.69 Å². The van der Waals surface area contributed by atoms with Gasteiger partial charge in [0.25, 0.3) is 0 Å². The smallest absolute Gasteiger partial charge is 0.162 e. The topological polar surface area (TPSA) is 55.6 Å². The van der Waals surface area contributed by atoms with Crippen molar-refractivity contribution in [3.8, 4) is 5.82 Å². The number of nitrogens with one attached hydrogen (secondary N) is 1. The average molecular weight is 273 g/mol. The Labute approximate surface area is 120 Å². The van der Waals surface area contributed by atoms with Crippen LogP contribution in [-0.2, 0) is 6.42 Å². The highest BCUT2D eigenvalue weighted by Gasteiger charge is 2.16. The molecule has 0 aromatic carbocycles. The highest BCUT2D eigenvalue weighted by atomic mass is 15.3. The second-order valence-electron chi connectivity index (χ2n) is 5.01. The molecule has 0 unspecified atom stereocenters. The Morgan fingerprint density at radius 3 is 2.45 bits per heavy atom. The first-order chi connectivity index (χ1) is 9.60. The van der Waals surface area contributed by atoms with Crippen molar-refractivity contribution in [2.75, 3.05) is 11.9 Å². The summed E-state index contributed by atoms with van der Waals surface area (Å²) in [7, 11) is 0. The molecule has 20 heavy (non-hydrogen) atoms. The Morgan fingerprint density at radius 1 is 1.15 bits per heavy atom. The van der Waals surface area contributed by atoms with Crippen molar-refractivity contribution in [3.05, 3.63) is 28.8 Å². The van der Waals surface area contributed by atoms with Gasteiger partial charge in [-0.3, -0.25) is 0 Å². The number of rotatable bonds is 5. The summed E-state index contributed by atoms with van der Waals surface area (Å²) < 4.78 is 1.93. The predicted molar refractivity (Wildman–Crippen MR) is 81.5 cm³/mol. The maximum Gasteiger partial charge on any atom is 0.162 e. The number of hydrogen-bond acceptors (Lipinski definition) is 4. The van der Waals surface area contributed by atoms with Crippen LogP contribution in [0.4, 0.5) is 5.82 Å². The van der Waals surface area contributed by atoms with E-state index >= 15 is 0 Å². The fraction of sp³-hybridized carbons (Fsp3) is 0.533. The van der Waals surface area contributed by atoms with Gasteiger partial charge in [-0.2, -0.15) is 5.10 Å². The number of aryl methyl sites for hydroxylation is 1. The molecule has 5 nitrogen and oxygen atoms in total. The maximum atomic E-state index is 4.61. The molecular weight excluding hydrogens is 250 g/mol. The molecule has 0 radical (unpaired) electrons. The van der Waals surface area contributed by atoms with Gasteiger partial charge in [-0.15, -0.1) is 0 Å². The molecule has 0 saturated carbocycles. The van der Waals surface area contributed by atoms with Gasteiger partial charge in [-0.05, 0) is 39.2 Å². The third-order valence-electron chi connectivity index (χ3n) is 3.67. The van der Waals surface area contributed by atoms with E-state index in [9.17, 15) is 0 Å². The van der Waals surface area contributed by atoms with Crippen molar-refractivity contribution < 1.29 is 0 Å². The molecule has 0 saturated heterocycles. The summed E-state index contributed by atoms with van der Waals surface area (Å²) in [5.41, 5.74) is 4.52. The Morgan fingerprint density at radius 2 is 1.90 bits per heavy atom. The SMILES string of the molecule is CCCNc1ncnc(-n2nc(C)c(C)c2C)c1CC. The predicted octanol–water partition coefficient (Wildman–Crippen LogP) is 2.97. The Balaban J connectivity index is 2.53. The summed E-state index contributed by atoms with van der Waals surface area (Å²) in [5, 5.41) is 7.98. The van der Waals surface area contributed by atoms with E-state index in [1.54, 1.807) is 6.33 Å². The van der Waals surface area contributed by atoms with E-state index in [1.165, 1.54) is 5.56 Å². The van der Waals surface area contributed by atoms with Crippen molar-refractivity contribution >= 4 is 5.82 Å². The van der Waals surface area contributed by atoms with E-state index in [0.717, 1.165) is 48.0 Å². The molecule has 1 N–H and O–H groups in total. The van der Waals surface area contributed by atoms with Crippen molar-refractivity contribution in [1.82, 2.24) is 19.7 Å². The molecule has 2 rings (SSSR count). The lowest BCUT2D eigenvalue weighted by Gasteiger charge is -2.13. The van der Waals surface area contributed by atoms with Crippen LogP contribution in [0.25, 0.3) is 5.82 Å². The van der Waals surface area contributed by atoms with E-state index < -0.39 is 0 Å². The van der Waals surface area contributed by atoms with E-state index in [0.29, 0.717) is 0 Å². The molecule has 0 bridgehead atoms. The average Bonchev–Trinajstić information content (AvgIpc) is 2.72. The molecule has 2 aromatic heterocycles. The van der Waals surface area contributed by atoms with Gasteiger partial charge < -0.3 is 5.32 Å². The summed E-state index contributed by atoms with van der Waals surface area (Å²) in [4.78, 5) is 8.82. The lowest BCUT2D eigenvalue weighted by molar-refractivity contribution is 0.783. The standard InChI is InChI=1S/C15H23N5/c1-6-8-16-14-13(7-2)15(18-9-17-14)20-12(5)10(3)11(4)19-20/h9H,6-8H2,1-5H3,(H,16,17,18). The van der Waals surface area contributed by atoms with Gasteiger partial charge >= 0.3 is 0 Å². The molecule has 108 valence electrons. The minimum atomic E-state index is 0.875. The van der Waals surface area contributed by atoms with Crippen LogP contribution in [0.5, 0.6) is 0 Å². The molecule has 5 heteroatoms. The van der Waals surface area contributed by atoms with Gasteiger partial charge in [0.1, 0.15) is 12.1 Å². The first-order valence-corrected chi connectivity index (χ1v) is 7.21. The second kappa shape index (κ2) is 6.03. The molecule has 0 fully saturated rings. The zero-order valence-electron chi connectivity index (χ0n) is 13.0. The molecular formula is C15H23N5. The fourth-order valence-electron chi connectivity index (χ4n) is 2.23. The highest BCUT2D eigenvalue weighted by molar-refractivity contribution is 5.52. The van der Waals surface area contributed by atoms with E-state index in [2.05, 4.69) is 48.1 Å². The van der Waals surface area contributed by atoms with Gasteiger partial charge in [0.15, 0.2) is 5.82 Å². The minimum absolute atomic E-state index is 0.875. The minimum Gasteiger partial charge on any atom is -0.370 e. The Bertz CT molecular complexity index is 601. The molecule has 0 aliphatic heterocycles. The van der Waals surface area contributed by atoms with Gasteiger partial charge in [-0.1, -0.05) is 13.8 Å². The van der Waals surface area contributed by atoms with Crippen molar-refractivity contribution in [1.29, 1.82) is 0 Å². The van der Waals surface area contributed by atoms with Crippen LogP contribution in [0.1, 0.15) is 42.8 Å². The normalized spacial score (nSPS) is 10.8. The summed E-state index contributed by atoms with van der Waals surface area (Å²) >= 11 is 0. The maximum absolute atomic E-state index is 4.61. The summed E-state index contributed by atoms with van der Waals surface area (Å²) in [6, 6.07) is 0. The van der Waals surface area contributed by atoms with Gasteiger partial charge in [-0.25, -0.2) is 14.6 Å². The van der Waals surface area contributed by atoms with E-state index in [1.807, 2.05) is 11.6 Å². The first-order valence-electron chi connectivity index (χ1n) is 7.21. The molecule has 0 spiro atoms. The number of nitrogens with zero attached hydrogens (tertiary/aromatic N) is 4. The van der Waals surface area contributed by atoms with Gasteiger partial charge in [0.2, 0.25) is 0 Å². The van der Waals surface area contributed by atoms with Crippen LogP contribution in [0.15, 0.2) is 6.33 Å². The van der Waals surface area contributed by atoms with Crippen LogP contribution in [-0.4, -0.2) is 26.3 Å². The van der Waals surface area contributed by atoms with E-state index in [4.69, 9.17) is 0 Å². The summed E-state index contributed by atoms with van der Waals surface area (Å²) in [6.07, 6.45) is 3.55. The molecule has 2 heterocycles. The molecule has 0 amide bonds. The third kappa shape index (κ3) is 2.53. The highest BCUT2D eigenvalue weighted by Crippen LogP contribution is 2.22. The lowest BCUT2D eigenvalue weighted by atomic mass is 10.2. The fourth-order valence-corrected chi connectivity index (χ4v) is 2.23. The molecule has 0 aliphatic rings. The first kappa shape index (κ1) is 14.5. The third-order valence-corrected chi connectivity index (χ3v) is 3.67. The number of anilines is 1. The van der Waals surface area contributed by atoms with Crippen molar-refractivity contribution in [2.45, 2.75) is 47.5 Å². The summed E-state index contributed by atoms with van der Waals surface area (Å²) in [5.74, 6) is 1.80. The van der Waals surface area contributed by atoms with E-state index in [-0.39, 0.29) is 0 Å². The van der Waals surface area contributed by atoms with Crippen LogP contribution < -0.4 is 5.32 Å². The zero-order chi connectivity index (χ0) is 14.7. The second-order valence-corrected chi connectivity index (χ2v) is 5.01. The molecule has 0 atom stereocenters. The Hall–Kier alpha value is -1.91. The monoisotopic (exact) mass is 273 g/mol. The quantitative estimate of drug-likeness (QED) is 0.910. The number of hydrogen-bond donors (Lipinski definition) is 1. The Kier molecular flexibility index (Phi) is 4.37. The number of aromatic nitrogens is 4. The molecule has 2 aromatic rings. The van der Waals surface area contributed by atoms with Crippen molar-refractivity contribution in [3.63, 3.8) is 0 Å². The zero-order valence-corrected chi connectivity index (χ0v) is 13.0. The van der Waals surface area contributed by atoms with Crippen molar-refractivity contribution in [2.24, 2.45) is 0 Å². The van der Waals surface area contributed by atoms with Crippen LogP contribution >= 0.6 is 0 Å². The molecule has 0 aliphatic carbocycles.